The van der Waals surface area contributed by atoms with Gasteiger partial charge in [-0.2, -0.15) is 0 Å². The van der Waals surface area contributed by atoms with Crippen molar-refractivity contribution in [1.29, 1.82) is 0 Å². The summed E-state index contributed by atoms with van der Waals surface area (Å²) in [6.45, 7) is 0.424. The zero-order valence-corrected chi connectivity index (χ0v) is 10.9. The molecule has 0 fully saturated rings. The Kier molecular flexibility index (Phi) is 3.88. The number of hydrogen-bond donors (Lipinski definition) is 2. The molecule has 0 aliphatic rings. The molecule has 0 spiro atoms. The van der Waals surface area contributed by atoms with Crippen molar-refractivity contribution in [2.75, 3.05) is 12.0 Å². The van der Waals surface area contributed by atoms with Crippen LogP contribution >= 0.6 is 0 Å². The van der Waals surface area contributed by atoms with Crippen LogP contribution in [0.2, 0.25) is 0 Å². The average molecular weight is 300 g/mol. The predicted molar refractivity (Wildman–Crippen MR) is 70.1 cm³/mol. The topological polar surface area (TPSA) is 71.3 Å². The number of nitrogens with one attached hydrogen (secondary N) is 1. The molecule has 0 aliphatic heterocycles. The molecule has 0 saturated carbocycles. The monoisotopic (exact) mass is 300 g/mol. The standard InChI is InChI=1S/C13H11F3N2O3/c1-6-10(13(20)21)7-3-2-4-8(14)11(7)12(19)18(6)17-5-9(15)16/h2-4,9,17H,5H2,1H3,(H,20,21). The molecule has 0 aliphatic carbocycles. The molecule has 112 valence electrons. The summed E-state index contributed by atoms with van der Waals surface area (Å²) in [4.78, 5) is 23.5. The fourth-order valence-corrected chi connectivity index (χ4v) is 2.14. The van der Waals surface area contributed by atoms with Crippen molar-refractivity contribution in [1.82, 2.24) is 4.68 Å². The molecular weight excluding hydrogens is 289 g/mol. The van der Waals surface area contributed by atoms with E-state index in [2.05, 4.69) is 5.43 Å². The molecule has 1 aromatic heterocycles. The van der Waals surface area contributed by atoms with E-state index in [1.165, 1.54) is 19.1 Å². The number of fused-ring (bicyclic) bond motifs is 1. The van der Waals surface area contributed by atoms with E-state index in [1.54, 1.807) is 0 Å². The summed E-state index contributed by atoms with van der Waals surface area (Å²) in [6, 6.07) is 3.58. The van der Waals surface area contributed by atoms with E-state index in [0.29, 0.717) is 4.68 Å². The van der Waals surface area contributed by atoms with Gasteiger partial charge in [-0.15, -0.1) is 0 Å². The third-order valence-corrected chi connectivity index (χ3v) is 3.01. The van der Waals surface area contributed by atoms with Crippen LogP contribution in [0.3, 0.4) is 0 Å². The Morgan fingerprint density at radius 2 is 2.10 bits per heavy atom. The van der Waals surface area contributed by atoms with Gasteiger partial charge in [0.25, 0.3) is 12.0 Å². The maximum Gasteiger partial charge on any atom is 0.338 e. The maximum absolute atomic E-state index is 13.8. The smallest absolute Gasteiger partial charge is 0.338 e. The number of alkyl halides is 2. The lowest BCUT2D eigenvalue weighted by Gasteiger charge is -2.16. The molecule has 1 heterocycles. The van der Waals surface area contributed by atoms with Gasteiger partial charge in [0.15, 0.2) is 0 Å². The molecule has 2 rings (SSSR count). The summed E-state index contributed by atoms with van der Waals surface area (Å²) < 4.78 is 39.0. The highest BCUT2D eigenvalue weighted by Crippen LogP contribution is 2.21. The molecule has 2 N–H and O–H groups in total. The SMILES string of the molecule is Cc1c(C(=O)O)c2cccc(F)c2c(=O)n1NCC(F)F. The van der Waals surface area contributed by atoms with E-state index < -0.39 is 35.7 Å². The van der Waals surface area contributed by atoms with E-state index in [0.717, 1.165) is 6.07 Å². The van der Waals surface area contributed by atoms with E-state index in [-0.39, 0.29) is 16.6 Å². The summed E-state index contributed by atoms with van der Waals surface area (Å²) in [5.41, 5.74) is 0.817. The molecule has 0 saturated heterocycles. The second-order valence-corrected chi connectivity index (χ2v) is 4.32. The minimum atomic E-state index is -2.75. The molecule has 1 aromatic carbocycles. The van der Waals surface area contributed by atoms with E-state index >= 15 is 0 Å². The van der Waals surface area contributed by atoms with Crippen LogP contribution in [0.4, 0.5) is 13.2 Å². The lowest BCUT2D eigenvalue weighted by Crippen LogP contribution is -2.35. The molecule has 0 bridgehead atoms. The van der Waals surface area contributed by atoms with Crippen LogP contribution in [0.25, 0.3) is 10.8 Å². The molecule has 0 unspecified atom stereocenters. The van der Waals surface area contributed by atoms with Crippen molar-refractivity contribution in [3.05, 3.63) is 45.6 Å². The van der Waals surface area contributed by atoms with Crippen molar-refractivity contribution in [2.45, 2.75) is 13.3 Å². The molecule has 5 nitrogen and oxygen atoms in total. The Balaban J connectivity index is 2.84. The molecule has 2 aromatic rings. The van der Waals surface area contributed by atoms with Gasteiger partial charge in [0.2, 0.25) is 0 Å². The van der Waals surface area contributed by atoms with Crippen LogP contribution in [0.1, 0.15) is 16.1 Å². The highest BCUT2D eigenvalue weighted by atomic mass is 19.3. The Bertz CT molecular complexity index is 771. The Morgan fingerprint density at radius 3 is 2.67 bits per heavy atom. The van der Waals surface area contributed by atoms with E-state index in [9.17, 15) is 27.9 Å². The number of hydrogen-bond acceptors (Lipinski definition) is 3. The van der Waals surface area contributed by atoms with Crippen LogP contribution in [0, 0.1) is 12.7 Å². The fraction of sp³-hybridized carbons (Fsp3) is 0.231. The van der Waals surface area contributed by atoms with E-state index in [4.69, 9.17) is 0 Å². The fourth-order valence-electron chi connectivity index (χ4n) is 2.14. The number of carbonyl (C=O) groups is 1. The Morgan fingerprint density at radius 1 is 1.43 bits per heavy atom. The number of aromatic carboxylic acids is 1. The number of carboxylic acid groups (broad SMARTS) is 1. The second-order valence-electron chi connectivity index (χ2n) is 4.32. The van der Waals surface area contributed by atoms with Gasteiger partial charge in [-0.3, -0.25) is 4.79 Å². The largest absolute Gasteiger partial charge is 0.478 e. The van der Waals surface area contributed by atoms with Gasteiger partial charge in [0.05, 0.1) is 23.2 Å². The summed E-state index contributed by atoms with van der Waals surface area (Å²) in [5, 5.41) is 8.71. The Labute approximate surface area is 116 Å². The van der Waals surface area contributed by atoms with Gasteiger partial charge in [-0.1, -0.05) is 12.1 Å². The number of carboxylic acids is 1. The van der Waals surface area contributed by atoms with Crippen molar-refractivity contribution >= 4 is 16.7 Å². The first kappa shape index (κ1) is 14.9. The average Bonchev–Trinajstić information content (AvgIpc) is 2.37. The van der Waals surface area contributed by atoms with Crippen molar-refractivity contribution < 1.29 is 23.1 Å². The number of aromatic nitrogens is 1. The first-order valence-corrected chi connectivity index (χ1v) is 5.93. The summed E-state index contributed by atoms with van der Waals surface area (Å²) in [7, 11) is 0. The van der Waals surface area contributed by atoms with Crippen LogP contribution in [-0.2, 0) is 0 Å². The van der Waals surface area contributed by atoms with Crippen molar-refractivity contribution in [2.24, 2.45) is 0 Å². The third-order valence-electron chi connectivity index (χ3n) is 3.01. The summed E-state index contributed by atoms with van der Waals surface area (Å²) in [6.07, 6.45) is -2.75. The number of nitrogens with zero attached hydrogens (tertiary/aromatic N) is 1. The van der Waals surface area contributed by atoms with Gasteiger partial charge in [-0.05, 0) is 13.0 Å². The maximum atomic E-state index is 13.8. The zero-order valence-electron chi connectivity index (χ0n) is 10.9. The minimum Gasteiger partial charge on any atom is -0.478 e. The second kappa shape index (κ2) is 5.47. The summed E-state index contributed by atoms with van der Waals surface area (Å²) >= 11 is 0. The van der Waals surface area contributed by atoms with Gasteiger partial charge in [0, 0.05) is 5.39 Å². The van der Waals surface area contributed by atoms with Crippen LogP contribution < -0.4 is 11.0 Å². The van der Waals surface area contributed by atoms with Crippen LogP contribution in [-0.4, -0.2) is 28.7 Å². The molecular formula is C13H11F3N2O3. The first-order chi connectivity index (χ1) is 9.84. The van der Waals surface area contributed by atoms with Gasteiger partial charge >= 0.3 is 5.97 Å². The lowest BCUT2D eigenvalue weighted by atomic mass is 10.0. The number of benzene rings is 1. The zero-order chi connectivity index (χ0) is 15.7. The minimum absolute atomic E-state index is 0.0694. The van der Waals surface area contributed by atoms with Gasteiger partial charge < -0.3 is 10.5 Å². The Hall–Kier alpha value is -2.51. The van der Waals surface area contributed by atoms with E-state index in [1.807, 2.05) is 0 Å². The number of pyridine rings is 1. The molecule has 0 amide bonds. The quantitative estimate of drug-likeness (QED) is 0.905. The summed E-state index contributed by atoms with van der Waals surface area (Å²) in [5.74, 6) is -2.29. The normalized spacial score (nSPS) is 11.1. The highest BCUT2D eigenvalue weighted by Gasteiger charge is 2.21. The first-order valence-electron chi connectivity index (χ1n) is 5.93. The number of halogens is 3. The highest BCUT2D eigenvalue weighted by molar-refractivity contribution is 6.04. The van der Waals surface area contributed by atoms with Crippen LogP contribution in [0.15, 0.2) is 23.0 Å². The lowest BCUT2D eigenvalue weighted by molar-refractivity contribution is 0.0697. The van der Waals surface area contributed by atoms with Gasteiger partial charge in [-0.25, -0.2) is 22.6 Å². The third kappa shape index (κ3) is 2.56. The van der Waals surface area contributed by atoms with Crippen molar-refractivity contribution in [3.63, 3.8) is 0 Å². The van der Waals surface area contributed by atoms with Gasteiger partial charge in [0.1, 0.15) is 5.82 Å². The molecule has 0 atom stereocenters. The van der Waals surface area contributed by atoms with Crippen molar-refractivity contribution in [3.8, 4) is 0 Å². The predicted octanol–water partition coefficient (Wildman–Crippen LogP) is 1.96. The molecule has 8 heteroatoms. The van der Waals surface area contributed by atoms with Crippen LogP contribution in [0.5, 0.6) is 0 Å². The molecule has 0 radical (unpaired) electrons. The molecule has 21 heavy (non-hydrogen) atoms. The number of rotatable bonds is 4.